The normalized spacial score (nSPS) is 18.9. The summed E-state index contributed by atoms with van der Waals surface area (Å²) in [4.78, 5) is 0. The van der Waals surface area contributed by atoms with Crippen LogP contribution in [0.5, 0.6) is 0 Å². The molecule has 0 heterocycles. The van der Waals surface area contributed by atoms with Gasteiger partial charge in [0.25, 0.3) is 0 Å². The molecule has 0 amide bonds. The summed E-state index contributed by atoms with van der Waals surface area (Å²) in [5, 5.41) is 9.37. The van der Waals surface area contributed by atoms with E-state index in [9.17, 15) is 5.11 Å². The van der Waals surface area contributed by atoms with Gasteiger partial charge in [-0.3, -0.25) is 0 Å². The fourth-order valence-corrected chi connectivity index (χ4v) is 2.56. The van der Waals surface area contributed by atoms with Gasteiger partial charge in [0.15, 0.2) is 0 Å². The summed E-state index contributed by atoms with van der Waals surface area (Å²) in [6.07, 6.45) is 4.99. The van der Waals surface area contributed by atoms with Gasteiger partial charge < -0.3 is 10.8 Å². The van der Waals surface area contributed by atoms with E-state index in [-0.39, 0.29) is 18.6 Å². The molecule has 2 unspecified atom stereocenters. The summed E-state index contributed by atoms with van der Waals surface area (Å²) >= 11 is 0. The molecule has 0 aromatic heterocycles. The molecule has 2 nitrogen and oxygen atoms in total. The van der Waals surface area contributed by atoms with Gasteiger partial charge in [0.2, 0.25) is 0 Å². The van der Waals surface area contributed by atoms with E-state index >= 15 is 0 Å². The van der Waals surface area contributed by atoms with E-state index in [1.165, 1.54) is 42.4 Å². The summed E-state index contributed by atoms with van der Waals surface area (Å²) in [6.45, 7) is 2.09. The van der Waals surface area contributed by atoms with Crippen LogP contribution in [0.25, 0.3) is 0 Å². The Kier molecular flexibility index (Phi) is 3.62. The third-order valence-corrected chi connectivity index (χ3v) is 3.63. The van der Waals surface area contributed by atoms with E-state index in [1.54, 1.807) is 0 Å². The minimum atomic E-state index is 0.00615. The predicted molar refractivity (Wildman–Crippen MR) is 66.6 cm³/mol. The van der Waals surface area contributed by atoms with Crippen molar-refractivity contribution in [3.05, 3.63) is 34.9 Å². The van der Waals surface area contributed by atoms with Crippen LogP contribution >= 0.6 is 0 Å². The number of aliphatic hydroxyl groups is 1. The van der Waals surface area contributed by atoms with Crippen LogP contribution in [-0.2, 0) is 12.8 Å². The number of fused-ring (bicyclic) bond motifs is 1. The standard InChI is InChI=1S/C14H21NO/c1-10(15)14(9-16)13-7-6-11-4-2-3-5-12(11)8-13/h6-8,10,14,16H,2-5,9,15H2,1H3. The Hall–Kier alpha value is -0.860. The first-order valence-electron chi connectivity index (χ1n) is 6.20. The highest BCUT2D eigenvalue weighted by atomic mass is 16.3. The maximum atomic E-state index is 9.37. The molecule has 0 bridgehead atoms. The highest BCUT2D eigenvalue weighted by molar-refractivity contribution is 5.36. The molecule has 2 rings (SSSR count). The molecule has 0 saturated heterocycles. The first kappa shape index (κ1) is 11.6. The molecule has 1 aromatic rings. The van der Waals surface area contributed by atoms with Crippen molar-refractivity contribution < 1.29 is 5.11 Å². The molecule has 0 fully saturated rings. The third kappa shape index (κ3) is 2.28. The molecule has 16 heavy (non-hydrogen) atoms. The highest BCUT2D eigenvalue weighted by Gasteiger charge is 2.17. The zero-order valence-corrected chi connectivity index (χ0v) is 9.95. The monoisotopic (exact) mass is 219 g/mol. The van der Waals surface area contributed by atoms with Crippen molar-refractivity contribution in [1.29, 1.82) is 0 Å². The average Bonchev–Trinajstić information content (AvgIpc) is 2.29. The Morgan fingerprint density at radius 1 is 1.25 bits per heavy atom. The number of aliphatic hydroxyl groups excluding tert-OH is 1. The summed E-state index contributed by atoms with van der Waals surface area (Å²) in [6, 6.07) is 6.61. The molecule has 3 N–H and O–H groups in total. The van der Waals surface area contributed by atoms with Gasteiger partial charge in [-0.05, 0) is 49.3 Å². The van der Waals surface area contributed by atoms with E-state index in [2.05, 4.69) is 18.2 Å². The molecular weight excluding hydrogens is 198 g/mol. The molecule has 1 aliphatic carbocycles. The Morgan fingerprint density at radius 2 is 1.94 bits per heavy atom. The van der Waals surface area contributed by atoms with Crippen molar-refractivity contribution in [2.24, 2.45) is 5.73 Å². The number of hydrogen-bond donors (Lipinski definition) is 2. The first-order chi connectivity index (χ1) is 7.72. The fourth-order valence-electron chi connectivity index (χ4n) is 2.56. The molecule has 0 aliphatic heterocycles. The number of benzene rings is 1. The molecule has 2 heteroatoms. The van der Waals surface area contributed by atoms with Gasteiger partial charge in [0, 0.05) is 12.0 Å². The van der Waals surface area contributed by atoms with E-state index < -0.39 is 0 Å². The van der Waals surface area contributed by atoms with Gasteiger partial charge in [-0.1, -0.05) is 18.2 Å². The highest BCUT2D eigenvalue weighted by Crippen LogP contribution is 2.26. The topological polar surface area (TPSA) is 46.2 Å². The summed E-state index contributed by atoms with van der Waals surface area (Å²) in [7, 11) is 0. The Bertz CT molecular complexity index is 360. The van der Waals surface area contributed by atoms with Crippen LogP contribution in [0, 0.1) is 0 Å². The minimum Gasteiger partial charge on any atom is -0.396 e. The lowest BCUT2D eigenvalue weighted by atomic mass is 9.86. The Balaban J connectivity index is 2.28. The second-order valence-corrected chi connectivity index (χ2v) is 4.88. The lowest BCUT2D eigenvalue weighted by molar-refractivity contribution is 0.252. The Labute approximate surface area is 97.5 Å². The van der Waals surface area contributed by atoms with Crippen LogP contribution < -0.4 is 5.73 Å². The van der Waals surface area contributed by atoms with E-state index in [4.69, 9.17) is 5.73 Å². The predicted octanol–water partition coefficient (Wildman–Crippen LogP) is 1.99. The van der Waals surface area contributed by atoms with Crippen LogP contribution in [0.1, 0.15) is 42.4 Å². The fraction of sp³-hybridized carbons (Fsp3) is 0.571. The molecule has 0 spiro atoms. The van der Waals surface area contributed by atoms with Crippen molar-refractivity contribution in [1.82, 2.24) is 0 Å². The third-order valence-electron chi connectivity index (χ3n) is 3.63. The summed E-state index contributed by atoms with van der Waals surface area (Å²) in [5.74, 6) is 0.0761. The Morgan fingerprint density at radius 3 is 2.56 bits per heavy atom. The second kappa shape index (κ2) is 4.98. The van der Waals surface area contributed by atoms with Gasteiger partial charge in [0.1, 0.15) is 0 Å². The maximum absolute atomic E-state index is 9.37. The minimum absolute atomic E-state index is 0.00615. The van der Waals surface area contributed by atoms with Crippen LogP contribution in [0.4, 0.5) is 0 Å². The van der Waals surface area contributed by atoms with Crippen molar-refractivity contribution in [3.8, 4) is 0 Å². The second-order valence-electron chi connectivity index (χ2n) is 4.88. The van der Waals surface area contributed by atoms with Crippen molar-refractivity contribution in [2.45, 2.75) is 44.6 Å². The quantitative estimate of drug-likeness (QED) is 0.816. The number of hydrogen-bond acceptors (Lipinski definition) is 2. The summed E-state index contributed by atoms with van der Waals surface area (Å²) in [5.41, 5.74) is 10.0. The number of aryl methyl sites for hydroxylation is 2. The van der Waals surface area contributed by atoms with Crippen molar-refractivity contribution in [2.75, 3.05) is 6.61 Å². The molecule has 1 aromatic carbocycles. The van der Waals surface area contributed by atoms with Gasteiger partial charge in [-0.25, -0.2) is 0 Å². The zero-order valence-electron chi connectivity index (χ0n) is 9.95. The van der Waals surface area contributed by atoms with Crippen LogP contribution in [0.15, 0.2) is 18.2 Å². The van der Waals surface area contributed by atoms with Gasteiger partial charge in [-0.2, -0.15) is 0 Å². The largest absolute Gasteiger partial charge is 0.396 e. The van der Waals surface area contributed by atoms with Crippen molar-refractivity contribution >= 4 is 0 Å². The van der Waals surface area contributed by atoms with Crippen LogP contribution in [0.2, 0.25) is 0 Å². The van der Waals surface area contributed by atoms with Crippen molar-refractivity contribution in [3.63, 3.8) is 0 Å². The molecular formula is C14H21NO. The number of nitrogens with two attached hydrogens (primary N) is 1. The zero-order chi connectivity index (χ0) is 11.5. The molecule has 0 radical (unpaired) electrons. The molecule has 2 atom stereocenters. The van der Waals surface area contributed by atoms with Gasteiger partial charge in [-0.15, -0.1) is 0 Å². The average molecular weight is 219 g/mol. The maximum Gasteiger partial charge on any atom is 0.0514 e. The number of rotatable bonds is 3. The van der Waals surface area contributed by atoms with Gasteiger partial charge in [0.05, 0.1) is 6.61 Å². The van der Waals surface area contributed by atoms with E-state index in [0.717, 1.165) is 0 Å². The van der Waals surface area contributed by atoms with Crippen LogP contribution in [0.3, 0.4) is 0 Å². The SMILES string of the molecule is CC(N)C(CO)c1ccc2c(c1)CCCC2. The molecule has 0 saturated carbocycles. The van der Waals surface area contributed by atoms with Crippen LogP contribution in [-0.4, -0.2) is 17.8 Å². The van der Waals surface area contributed by atoms with E-state index in [0.29, 0.717) is 0 Å². The lowest BCUT2D eigenvalue weighted by Crippen LogP contribution is -2.27. The lowest BCUT2D eigenvalue weighted by Gasteiger charge is -2.22. The van der Waals surface area contributed by atoms with E-state index in [1.807, 2.05) is 6.92 Å². The first-order valence-corrected chi connectivity index (χ1v) is 6.20. The van der Waals surface area contributed by atoms with Gasteiger partial charge >= 0.3 is 0 Å². The molecule has 1 aliphatic rings. The summed E-state index contributed by atoms with van der Waals surface area (Å²) < 4.78 is 0. The molecule has 88 valence electrons. The smallest absolute Gasteiger partial charge is 0.0514 e.